The van der Waals surface area contributed by atoms with E-state index in [0.29, 0.717) is 6.42 Å². The van der Waals surface area contributed by atoms with Gasteiger partial charge in [0.15, 0.2) is 0 Å². The van der Waals surface area contributed by atoms with E-state index in [1.54, 1.807) is 0 Å². The van der Waals surface area contributed by atoms with Crippen molar-refractivity contribution in [1.82, 2.24) is 0 Å². The molecule has 0 aromatic rings. The van der Waals surface area contributed by atoms with Gasteiger partial charge in [0.1, 0.15) is 0 Å². The summed E-state index contributed by atoms with van der Waals surface area (Å²) in [5.74, 6) is 0.265. The maximum Gasteiger partial charge on any atom is 0.389 e. The minimum Gasteiger partial charge on any atom is -0.171 e. The zero-order chi connectivity index (χ0) is 10.3. The van der Waals surface area contributed by atoms with Crippen LogP contribution in [-0.4, -0.2) is 6.18 Å². The Kier molecular flexibility index (Phi) is 6.17. The molecule has 1 atom stereocenters. The first-order valence-corrected chi connectivity index (χ1v) is 5.06. The molecule has 0 rings (SSSR count). The Labute approximate surface area is 78.5 Å². The van der Waals surface area contributed by atoms with E-state index in [4.69, 9.17) is 0 Å². The van der Waals surface area contributed by atoms with Crippen molar-refractivity contribution in [3.05, 3.63) is 0 Å². The third kappa shape index (κ3) is 8.13. The van der Waals surface area contributed by atoms with E-state index < -0.39 is 12.6 Å². The van der Waals surface area contributed by atoms with Gasteiger partial charge in [-0.05, 0) is 12.3 Å². The lowest BCUT2D eigenvalue weighted by Crippen LogP contribution is -2.10. The second kappa shape index (κ2) is 6.28. The Balaban J connectivity index is 3.59. The van der Waals surface area contributed by atoms with Crippen molar-refractivity contribution in [2.75, 3.05) is 0 Å². The molecule has 0 N–H and O–H groups in total. The van der Waals surface area contributed by atoms with Crippen LogP contribution in [0.15, 0.2) is 0 Å². The summed E-state index contributed by atoms with van der Waals surface area (Å²) in [6.45, 7) is 4.03. The van der Waals surface area contributed by atoms with Crippen molar-refractivity contribution < 1.29 is 13.2 Å². The fraction of sp³-hybridized carbons (Fsp3) is 1.00. The first kappa shape index (κ1) is 12.8. The topological polar surface area (TPSA) is 0 Å². The molecule has 0 fully saturated rings. The first-order valence-electron chi connectivity index (χ1n) is 5.06. The molecule has 0 spiro atoms. The SMILES string of the molecule is CCCCC(CC)CCC(F)(F)F. The van der Waals surface area contributed by atoms with Crippen LogP contribution in [0.1, 0.15) is 52.4 Å². The average molecular weight is 196 g/mol. The van der Waals surface area contributed by atoms with Crippen molar-refractivity contribution in [3.63, 3.8) is 0 Å². The van der Waals surface area contributed by atoms with Gasteiger partial charge in [0.2, 0.25) is 0 Å². The summed E-state index contributed by atoms with van der Waals surface area (Å²) >= 11 is 0. The second-order valence-corrected chi connectivity index (χ2v) is 3.57. The van der Waals surface area contributed by atoms with Gasteiger partial charge in [0, 0.05) is 6.42 Å². The molecule has 0 aliphatic heterocycles. The molecule has 0 aliphatic carbocycles. The smallest absolute Gasteiger partial charge is 0.171 e. The number of hydrogen-bond donors (Lipinski definition) is 0. The molecule has 0 aromatic carbocycles. The summed E-state index contributed by atoms with van der Waals surface area (Å²) in [5.41, 5.74) is 0. The third-order valence-electron chi connectivity index (χ3n) is 2.38. The zero-order valence-electron chi connectivity index (χ0n) is 8.45. The highest BCUT2D eigenvalue weighted by Gasteiger charge is 2.27. The summed E-state index contributed by atoms with van der Waals surface area (Å²) in [7, 11) is 0. The zero-order valence-corrected chi connectivity index (χ0v) is 8.45. The molecule has 3 heteroatoms. The predicted octanol–water partition coefficient (Wildman–Crippen LogP) is 4.55. The van der Waals surface area contributed by atoms with Crippen LogP contribution in [0.4, 0.5) is 13.2 Å². The van der Waals surface area contributed by atoms with Crippen LogP contribution in [0, 0.1) is 5.92 Å². The van der Waals surface area contributed by atoms with Gasteiger partial charge >= 0.3 is 6.18 Å². The standard InChI is InChI=1S/C10H19F3/c1-3-5-6-9(4-2)7-8-10(11,12)13/h9H,3-8H2,1-2H3. The van der Waals surface area contributed by atoms with E-state index in [0.717, 1.165) is 25.7 Å². The van der Waals surface area contributed by atoms with Gasteiger partial charge in [-0.25, -0.2) is 0 Å². The monoisotopic (exact) mass is 196 g/mol. The Morgan fingerprint density at radius 3 is 2.08 bits per heavy atom. The van der Waals surface area contributed by atoms with Crippen LogP contribution in [-0.2, 0) is 0 Å². The summed E-state index contributed by atoms with van der Waals surface area (Å²) in [6, 6.07) is 0. The minimum atomic E-state index is -3.97. The predicted molar refractivity (Wildman–Crippen MR) is 48.6 cm³/mol. The van der Waals surface area contributed by atoms with Gasteiger partial charge in [-0.3, -0.25) is 0 Å². The molecule has 0 nitrogen and oxygen atoms in total. The largest absolute Gasteiger partial charge is 0.389 e. The lowest BCUT2D eigenvalue weighted by atomic mass is 9.94. The molecule has 0 saturated carbocycles. The van der Waals surface area contributed by atoms with Crippen LogP contribution < -0.4 is 0 Å². The summed E-state index contributed by atoms with van der Waals surface area (Å²) in [6.07, 6.45) is -0.340. The molecule has 13 heavy (non-hydrogen) atoms. The Morgan fingerprint density at radius 2 is 1.69 bits per heavy atom. The van der Waals surface area contributed by atoms with E-state index in [-0.39, 0.29) is 5.92 Å². The van der Waals surface area contributed by atoms with Crippen molar-refractivity contribution in [1.29, 1.82) is 0 Å². The molecule has 80 valence electrons. The van der Waals surface area contributed by atoms with E-state index in [9.17, 15) is 13.2 Å². The molecule has 1 unspecified atom stereocenters. The second-order valence-electron chi connectivity index (χ2n) is 3.57. The van der Waals surface area contributed by atoms with Gasteiger partial charge in [0.25, 0.3) is 0 Å². The molecule has 0 aliphatic rings. The molecular weight excluding hydrogens is 177 g/mol. The average Bonchev–Trinajstić information content (AvgIpc) is 2.03. The fourth-order valence-electron chi connectivity index (χ4n) is 1.41. The Bertz CT molecular complexity index is 118. The molecular formula is C10H19F3. The maximum atomic E-state index is 11.9. The molecule has 0 aromatic heterocycles. The third-order valence-corrected chi connectivity index (χ3v) is 2.38. The number of hydrogen-bond acceptors (Lipinski definition) is 0. The number of halogens is 3. The minimum absolute atomic E-state index is 0.265. The van der Waals surface area contributed by atoms with Gasteiger partial charge in [0.05, 0.1) is 0 Å². The molecule has 0 radical (unpaired) electrons. The fourth-order valence-corrected chi connectivity index (χ4v) is 1.41. The van der Waals surface area contributed by atoms with E-state index in [2.05, 4.69) is 6.92 Å². The van der Waals surface area contributed by atoms with Gasteiger partial charge in [-0.2, -0.15) is 13.2 Å². The van der Waals surface area contributed by atoms with Crippen molar-refractivity contribution in [2.45, 2.75) is 58.5 Å². The first-order chi connectivity index (χ1) is 5.99. The van der Waals surface area contributed by atoms with Crippen LogP contribution in [0.2, 0.25) is 0 Å². The van der Waals surface area contributed by atoms with Gasteiger partial charge in [-0.1, -0.05) is 39.5 Å². The normalized spacial score (nSPS) is 14.5. The molecule has 0 amide bonds. The number of rotatable bonds is 6. The van der Waals surface area contributed by atoms with Crippen LogP contribution >= 0.6 is 0 Å². The Hall–Kier alpha value is -0.210. The maximum absolute atomic E-state index is 11.9. The summed E-state index contributed by atoms with van der Waals surface area (Å²) in [4.78, 5) is 0. The highest BCUT2D eigenvalue weighted by Crippen LogP contribution is 2.27. The van der Waals surface area contributed by atoms with E-state index in [1.165, 1.54) is 0 Å². The van der Waals surface area contributed by atoms with Crippen molar-refractivity contribution in [3.8, 4) is 0 Å². The number of alkyl halides is 3. The molecule has 0 bridgehead atoms. The lowest BCUT2D eigenvalue weighted by molar-refractivity contribution is -0.137. The summed E-state index contributed by atoms with van der Waals surface area (Å²) < 4.78 is 35.6. The van der Waals surface area contributed by atoms with Gasteiger partial charge in [-0.15, -0.1) is 0 Å². The lowest BCUT2D eigenvalue weighted by Gasteiger charge is -2.15. The van der Waals surface area contributed by atoms with E-state index in [1.807, 2.05) is 6.92 Å². The van der Waals surface area contributed by atoms with Gasteiger partial charge < -0.3 is 0 Å². The summed E-state index contributed by atoms with van der Waals surface area (Å²) in [5, 5.41) is 0. The molecule has 0 heterocycles. The highest BCUT2D eigenvalue weighted by atomic mass is 19.4. The van der Waals surface area contributed by atoms with E-state index >= 15 is 0 Å². The molecule has 0 saturated heterocycles. The van der Waals surface area contributed by atoms with Crippen LogP contribution in [0.25, 0.3) is 0 Å². The van der Waals surface area contributed by atoms with Crippen molar-refractivity contribution in [2.24, 2.45) is 5.92 Å². The quantitative estimate of drug-likeness (QED) is 0.584. The van der Waals surface area contributed by atoms with Crippen molar-refractivity contribution >= 4 is 0 Å². The highest BCUT2D eigenvalue weighted by molar-refractivity contribution is 4.60. The number of unbranched alkanes of at least 4 members (excludes halogenated alkanes) is 1. The van der Waals surface area contributed by atoms with Crippen LogP contribution in [0.5, 0.6) is 0 Å². The van der Waals surface area contributed by atoms with Crippen LogP contribution in [0.3, 0.4) is 0 Å². The Morgan fingerprint density at radius 1 is 1.08 bits per heavy atom.